The summed E-state index contributed by atoms with van der Waals surface area (Å²) in [5.41, 5.74) is 6.49. The zero-order valence-corrected chi connectivity index (χ0v) is 12.1. The Bertz CT molecular complexity index is 564. The molecular formula is C15H20FN3O2. The highest BCUT2D eigenvalue weighted by molar-refractivity contribution is 5.96. The number of ether oxygens (including phenoxy) is 1. The molecular weight excluding hydrogens is 273 g/mol. The van der Waals surface area contributed by atoms with E-state index in [0.29, 0.717) is 11.7 Å². The smallest absolute Gasteiger partial charge is 0.340 e. The van der Waals surface area contributed by atoms with E-state index < -0.39 is 5.97 Å². The third-order valence-electron chi connectivity index (χ3n) is 4.45. The van der Waals surface area contributed by atoms with Crippen molar-refractivity contribution in [1.82, 2.24) is 4.90 Å². The first-order valence-corrected chi connectivity index (χ1v) is 7.26. The van der Waals surface area contributed by atoms with E-state index in [4.69, 9.17) is 10.5 Å². The molecule has 3 rings (SSSR count). The Morgan fingerprint density at radius 2 is 2.19 bits per heavy atom. The number of anilines is 2. The number of piperazine rings is 1. The first kappa shape index (κ1) is 14.1. The lowest BCUT2D eigenvalue weighted by Gasteiger charge is -2.39. The predicted octanol–water partition coefficient (Wildman–Crippen LogP) is 1.48. The maximum Gasteiger partial charge on any atom is 0.340 e. The minimum absolute atomic E-state index is 0.114. The molecule has 0 aliphatic carbocycles. The van der Waals surface area contributed by atoms with Gasteiger partial charge in [0.05, 0.1) is 18.4 Å². The zero-order chi connectivity index (χ0) is 15.0. The normalized spacial score (nSPS) is 22.2. The molecule has 6 heteroatoms. The van der Waals surface area contributed by atoms with Gasteiger partial charge in [0.1, 0.15) is 5.82 Å². The summed E-state index contributed by atoms with van der Waals surface area (Å²) < 4.78 is 18.9. The fourth-order valence-corrected chi connectivity index (χ4v) is 3.32. The molecule has 1 unspecified atom stereocenters. The number of halogens is 1. The highest BCUT2D eigenvalue weighted by atomic mass is 19.1. The monoisotopic (exact) mass is 293 g/mol. The molecule has 0 saturated carbocycles. The second-order valence-corrected chi connectivity index (χ2v) is 5.66. The molecule has 0 amide bonds. The standard InChI is InChI=1S/C15H20FN3O2/c1-21-15(20)11-7-14(12(16)8-13(11)17)19-6-5-18-4-2-3-10(18)9-19/h7-8,10H,2-6,9,17H2,1H3. The van der Waals surface area contributed by atoms with E-state index in [-0.39, 0.29) is 17.1 Å². The summed E-state index contributed by atoms with van der Waals surface area (Å²) in [5, 5.41) is 0. The fourth-order valence-electron chi connectivity index (χ4n) is 3.32. The molecule has 2 aliphatic rings. The highest BCUT2D eigenvalue weighted by Gasteiger charge is 2.32. The van der Waals surface area contributed by atoms with Crippen molar-refractivity contribution in [2.45, 2.75) is 18.9 Å². The molecule has 2 fully saturated rings. The molecule has 1 atom stereocenters. The second kappa shape index (κ2) is 5.52. The number of carbonyl (C=O) groups excluding carboxylic acids is 1. The third kappa shape index (κ3) is 2.55. The number of nitrogen functional groups attached to an aromatic ring is 1. The van der Waals surface area contributed by atoms with Crippen molar-refractivity contribution in [2.24, 2.45) is 0 Å². The number of methoxy groups -OCH3 is 1. The minimum atomic E-state index is -0.534. The van der Waals surface area contributed by atoms with Gasteiger partial charge in [-0.05, 0) is 31.5 Å². The Morgan fingerprint density at radius 1 is 1.38 bits per heavy atom. The first-order valence-electron chi connectivity index (χ1n) is 7.26. The quantitative estimate of drug-likeness (QED) is 0.661. The Hall–Kier alpha value is -1.82. The number of hydrogen-bond acceptors (Lipinski definition) is 5. The van der Waals surface area contributed by atoms with Crippen LogP contribution in [-0.4, -0.2) is 50.2 Å². The van der Waals surface area contributed by atoms with Crippen molar-refractivity contribution in [3.05, 3.63) is 23.5 Å². The van der Waals surface area contributed by atoms with Gasteiger partial charge in [-0.15, -0.1) is 0 Å². The van der Waals surface area contributed by atoms with E-state index in [2.05, 4.69) is 4.90 Å². The van der Waals surface area contributed by atoms with E-state index in [0.717, 1.165) is 32.6 Å². The Morgan fingerprint density at radius 3 is 2.95 bits per heavy atom. The number of rotatable bonds is 2. The zero-order valence-electron chi connectivity index (χ0n) is 12.1. The van der Waals surface area contributed by atoms with Gasteiger partial charge in [0.2, 0.25) is 0 Å². The maximum atomic E-state index is 14.2. The number of esters is 1. The minimum Gasteiger partial charge on any atom is -0.465 e. The topological polar surface area (TPSA) is 58.8 Å². The Labute approximate surface area is 123 Å². The molecule has 114 valence electrons. The van der Waals surface area contributed by atoms with Crippen LogP contribution in [0, 0.1) is 5.82 Å². The van der Waals surface area contributed by atoms with Crippen molar-refractivity contribution >= 4 is 17.3 Å². The van der Waals surface area contributed by atoms with Crippen LogP contribution in [0.2, 0.25) is 0 Å². The van der Waals surface area contributed by atoms with Crippen molar-refractivity contribution in [2.75, 3.05) is 43.9 Å². The number of hydrogen-bond donors (Lipinski definition) is 1. The van der Waals surface area contributed by atoms with Gasteiger partial charge in [-0.25, -0.2) is 9.18 Å². The van der Waals surface area contributed by atoms with Gasteiger partial charge in [0, 0.05) is 31.4 Å². The van der Waals surface area contributed by atoms with E-state index in [1.165, 1.54) is 25.7 Å². The van der Waals surface area contributed by atoms with Crippen LogP contribution >= 0.6 is 0 Å². The van der Waals surface area contributed by atoms with Crippen LogP contribution in [0.15, 0.2) is 12.1 Å². The summed E-state index contributed by atoms with van der Waals surface area (Å²) in [6.45, 7) is 3.62. The van der Waals surface area contributed by atoms with E-state index in [1.807, 2.05) is 4.90 Å². The summed E-state index contributed by atoms with van der Waals surface area (Å²) in [6.07, 6.45) is 2.35. The fraction of sp³-hybridized carbons (Fsp3) is 0.533. The second-order valence-electron chi connectivity index (χ2n) is 5.66. The molecule has 1 aromatic rings. The van der Waals surface area contributed by atoms with Crippen LogP contribution in [0.1, 0.15) is 23.2 Å². The van der Waals surface area contributed by atoms with Crippen LogP contribution in [-0.2, 0) is 4.74 Å². The van der Waals surface area contributed by atoms with Gasteiger partial charge in [0.15, 0.2) is 0 Å². The molecule has 5 nitrogen and oxygen atoms in total. The van der Waals surface area contributed by atoms with Crippen molar-refractivity contribution in [3.63, 3.8) is 0 Å². The van der Waals surface area contributed by atoms with Crippen LogP contribution in [0.4, 0.5) is 15.8 Å². The molecule has 0 spiro atoms. The van der Waals surface area contributed by atoms with Crippen molar-refractivity contribution in [3.8, 4) is 0 Å². The Balaban J connectivity index is 1.89. The van der Waals surface area contributed by atoms with Crippen LogP contribution < -0.4 is 10.6 Å². The Kier molecular flexibility index (Phi) is 3.71. The molecule has 2 aliphatic heterocycles. The van der Waals surface area contributed by atoms with Gasteiger partial charge < -0.3 is 15.4 Å². The first-order chi connectivity index (χ1) is 10.1. The van der Waals surface area contributed by atoms with Crippen molar-refractivity contribution < 1.29 is 13.9 Å². The summed E-state index contributed by atoms with van der Waals surface area (Å²) in [7, 11) is 1.29. The van der Waals surface area contributed by atoms with Gasteiger partial charge in [0.25, 0.3) is 0 Å². The van der Waals surface area contributed by atoms with Gasteiger partial charge in [-0.3, -0.25) is 4.90 Å². The van der Waals surface area contributed by atoms with Gasteiger partial charge >= 0.3 is 5.97 Å². The summed E-state index contributed by atoms with van der Waals surface area (Å²) in [6, 6.07) is 3.21. The van der Waals surface area contributed by atoms with E-state index >= 15 is 0 Å². The number of nitrogens with zero attached hydrogens (tertiary/aromatic N) is 2. The summed E-state index contributed by atoms with van der Waals surface area (Å²) >= 11 is 0. The van der Waals surface area contributed by atoms with Gasteiger partial charge in [-0.1, -0.05) is 0 Å². The van der Waals surface area contributed by atoms with Crippen LogP contribution in [0.25, 0.3) is 0 Å². The number of nitrogens with two attached hydrogens (primary N) is 1. The number of carbonyl (C=O) groups is 1. The predicted molar refractivity (Wildman–Crippen MR) is 79.0 cm³/mol. The lowest BCUT2D eigenvalue weighted by Crippen LogP contribution is -2.50. The largest absolute Gasteiger partial charge is 0.465 e. The molecule has 21 heavy (non-hydrogen) atoms. The molecule has 2 saturated heterocycles. The number of fused-ring (bicyclic) bond motifs is 1. The summed E-state index contributed by atoms with van der Waals surface area (Å²) in [5.74, 6) is -0.917. The molecule has 0 bridgehead atoms. The van der Waals surface area contributed by atoms with E-state index in [1.54, 1.807) is 0 Å². The lowest BCUT2D eigenvalue weighted by molar-refractivity contribution is 0.0602. The van der Waals surface area contributed by atoms with E-state index in [9.17, 15) is 9.18 Å². The van der Waals surface area contributed by atoms with Gasteiger partial charge in [-0.2, -0.15) is 0 Å². The molecule has 2 heterocycles. The lowest BCUT2D eigenvalue weighted by atomic mass is 10.1. The van der Waals surface area contributed by atoms with Crippen molar-refractivity contribution in [1.29, 1.82) is 0 Å². The average Bonchev–Trinajstić information content (AvgIpc) is 2.94. The third-order valence-corrected chi connectivity index (χ3v) is 4.45. The molecule has 1 aromatic carbocycles. The van der Waals surface area contributed by atoms with Crippen LogP contribution in [0.3, 0.4) is 0 Å². The SMILES string of the molecule is COC(=O)c1cc(N2CCN3CCCC3C2)c(F)cc1N. The molecule has 0 aromatic heterocycles. The highest BCUT2D eigenvalue weighted by Crippen LogP contribution is 2.30. The molecule has 0 radical (unpaired) electrons. The van der Waals surface area contributed by atoms with Crippen LogP contribution in [0.5, 0.6) is 0 Å². The average molecular weight is 293 g/mol. The summed E-state index contributed by atoms with van der Waals surface area (Å²) in [4.78, 5) is 16.2. The molecule has 2 N–H and O–H groups in total. The maximum absolute atomic E-state index is 14.2. The number of benzene rings is 1.